The van der Waals surface area contributed by atoms with E-state index in [0.29, 0.717) is 0 Å². The average molecular weight is 409 g/mol. The number of carbonyl (C=O) groups excluding carboxylic acids is 2. The van der Waals surface area contributed by atoms with Crippen molar-refractivity contribution in [2.75, 3.05) is 0 Å². The Morgan fingerprint density at radius 3 is 1.95 bits per heavy atom. The first-order valence-electron chi connectivity index (χ1n) is 6.91. The fraction of sp³-hybridized carbons (Fsp3) is 0.312. The fourth-order valence-corrected chi connectivity index (χ4v) is 1.85. The summed E-state index contributed by atoms with van der Waals surface area (Å²) < 4.78 is 0. The molecule has 6 heteroatoms. The quantitative estimate of drug-likeness (QED) is 0.610. The van der Waals surface area contributed by atoms with Gasteiger partial charge < -0.3 is 5.11 Å². The molecule has 1 radical (unpaired) electrons. The van der Waals surface area contributed by atoms with E-state index >= 15 is 0 Å². The van der Waals surface area contributed by atoms with Gasteiger partial charge in [-0.3, -0.25) is 14.5 Å². The molecule has 0 aromatic heterocycles. The standard InChI is InChI=1S/C13H11NO4.3CH3.Sn/c15-11-6-7-12(16)14(11)10(13(17)18)8-9-4-2-1-3-5-9;;;;/h1-7,10H,8H2,(H,17,18);3*1H3;. The molecule has 0 saturated carbocycles. The molecule has 1 unspecified atom stereocenters. The second kappa shape index (κ2) is 8.72. The molecule has 0 bridgehead atoms. The van der Waals surface area contributed by atoms with E-state index in [1.54, 1.807) is 24.3 Å². The van der Waals surface area contributed by atoms with Crippen LogP contribution in [0.2, 0.25) is 14.8 Å². The Kier molecular flexibility index (Phi) is 7.30. The third-order valence-corrected chi connectivity index (χ3v) is 2.71. The molecule has 2 amide bonds. The van der Waals surface area contributed by atoms with Gasteiger partial charge in [-0.2, -0.15) is 0 Å². The SMILES string of the molecule is O=C(O)C(Cc1ccccc1)N1C(=O)C=CC1=O.[CH3][Sn]([CH3])[CH3]. The third kappa shape index (κ3) is 5.63. The van der Waals surface area contributed by atoms with Crippen LogP contribution in [0.5, 0.6) is 0 Å². The first-order chi connectivity index (χ1) is 10.3. The van der Waals surface area contributed by atoms with Gasteiger partial charge in [0, 0.05) is 18.6 Å². The predicted octanol–water partition coefficient (Wildman–Crippen LogP) is 1.98. The number of carbonyl (C=O) groups is 3. The number of amides is 2. The van der Waals surface area contributed by atoms with Crippen LogP contribution in [-0.4, -0.2) is 53.6 Å². The molecule has 2 rings (SSSR count). The number of hydrogen-bond acceptors (Lipinski definition) is 3. The Balaban J connectivity index is 0.000000541. The minimum atomic E-state index is -1.19. The molecule has 0 saturated heterocycles. The summed E-state index contributed by atoms with van der Waals surface area (Å²) >= 11 is -0.543. The molecule has 0 spiro atoms. The topological polar surface area (TPSA) is 74.7 Å². The van der Waals surface area contributed by atoms with Crippen molar-refractivity contribution in [2.24, 2.45) is 0 Å². The maximum atomic E-state index is 11.5. The van der Waals surface area contributed by atoms with Gasteiger partial charge in [0.1, 0.15) is 6.04 Å². The van der Waals surface area contributed by atoms with Crippen molar-refractivity contribution in [3.05, 3.63) is 48.0 Å². The van der Waals surface area contributed by atoms with Gasteiger partial charge in [-0.1, -0.05) is 30.3 Å². The van der Waals surface area contributed by atoms with Crippen molar-refractivity contribution in [1.29, 1.82) is 0 Å². The van der Waals surface area contributed by atoms with Crippen LogP contribution in [0.1, 0.15) is 5.56 Å². The van der Waals surface area contributed by atoms with E-state index in [9.17, 15) is 14.4 Å². The van der Waals surface area contributed by atoms with Crippen molar-refractivity contribution in [3.63, 3.8) is 0 Å². The number of hydrogen-bond donors (Lipinski definition) is 1. The summed E-state index contributed by atoms with van der Waals surface area (Å²) in [6, 6.07) is 7.72. The molecule has 1 heterocycles. The van der Waals surface area contributed by atoms with Crippen molar-refractivity contribution in [3.8, 4) is 0 Å². The van der Waals surface area contributed by atoms with E-state index in [1.165, 1.54) is 0 Å². The fourth-order valence-electron chi connectivity index (χ4n) is 1.85. The number of rotatable bonds is 4. The summed E-state index contributed by atoms with van der Waals surface area (Å²) in [6.45, 7) is 0. The van der Waals surface area contributed by atoms with Crippen molar-refractivity contribution in [1.82, 2.24) is 4.90 Å². The molecule has 1 atom stereocenters. The van der Waals surface area contributed by atoms with Gasteiger partial charge in [-0.05, 0) is 5.56 Å². The summed E-state index contributed by atoms with van der Waals surface area (Å²) in [5, 5.41) is 9.16. The zero-order chi connectivity index (χ0) is 16.7. The van der Waals surface area contributed by atoms with Crippen LogP contribution in [0.3, 0.4) is 0 Å². The van der Waals surface area contributed by atoms with Crippen molar-refractivity contribution < 1.29 is 19.5 Å². The summed E-state index contributed by atoms with van der Waals surface area (Å²) in [4.78, 5) is 42.0. The van der Waals surface area contributed by atoms with E-state index in [4.69, 9.17) is 5.11 Å². The first kappa shape index (κ1) is 18.4. The summed E-state index contributed by atoms with van der Waals surface area (Å²) in [5.74, 6) is -2.35. The van der Waals surface area contributed by atoms with Gasteiger partial charge in [0.05, 0.1) is 0 Å². The van der Waals surface area contributed by atoms with E-state index in [-0.39, 0.29) is 6.42 Å². The Morgan fingerprint density at radius 2 is 1.55 bits per heavy atom. The molecule has 22 heavy (non-hydrogen) atoms. The number of aliphatic carboxylic acids is 1. The number of carboxylic acids is 1. The van der Waals surface area contributed by atoms with Crippen LogP contribution < -0.4 is 0 Å². The second-order valence-electron chi connectivity index (χ2n) is 5.42. The number of carboxylic acid groups (broad SMARTS) is 1. The summed E-state index contributed by atoms with van der Waals surface area (Å²) in [6.07, 6.45) is 2.28. The summed E-state index contributed by atoms with van der Waals surface area (Å²) in [7, 11) is 0. The van der Waals surface area contributed by atoms with E-state index in [2.05, 4.69) is 14.8 Å². The van der Waals surface area contributed by atoms with Crippen molar-refractivity contribution in [2.45, 2.75) is 27.3 Å². The predicted molar refractivity (Wildman–Crippen MR) is 85.9 cm³/mol. The van der Waals surface area contributed by atoms with Crippen LogP contribution >= 0.6 is 0 Å². The maximum absolute atomic E-state index is 11.5. The van der Waals surface area contributed by atoms with Gasteiger partial charge in [0.25, 0.3) is 11.8 Å². The molecule has 0 fully saturated rings. The Labute approximate surface area is 137 Å². The van der Waals surface area contributed by atoms with Crippen LogP contribution in [0.25, 0.3) is 0 Å². The Morgan fingerprint density at radius 1 is 1.09 bits per heavy atom. The normalized spacial score (nSPS) is 14.8. The van der Waals surface area contributed by atoms with Gasteiger partial charge in [-0.15, -0.1) is 0 Å². The molecule has 5 nitrogen and oxygen atoms in total. The molecular weight excluding hydrogens is 389 g/mol. The number of nitrogens with zero attached hydrogens (tertiary/aromatic N) is 1. The van der Waals surface area contributed by atoms with E-state index in [0.717, 1.165) is 22.6 Å². The zero-order valence-electron chi connectivity index (χ0n) is 12.9. The third-order valence-electron chi connectivity index (χ3n) is 2.71. The van der Waals surface area contributed by atoms with Crippen LogP contribution in [0.4, 0.5) is 0 Å². The van der Waals surface area contributed by atoms with Crippen molar-refractivity contribution >= 4 is 37.5 Å². The molecule has 117 valence electrons. The van der Waals surface area contributed by atoms with Crippen LogP contribution in [-0.2, 0) is 20.8 Å². The molecule has 0 aliphatic carbocycles. The Hall–Kier alpha value is -1.63. The molecule has 1 aromatic carbocycles. The first-order valence-corrected chi connectivity index (χ1v) is 15.5. The monoisotopic (exact) mass is 410 g/mol. The van der Waals surface area contributed by atoms with E-state index < -0.39 is 43.6 Å². The average Bonchev–Trinajstić information content (AvgIpc) is 2.76. The van der Waals surface area contributed by atoms with Gasteiger partial charge in [-0.25, -0.2) is 4.79 Å². The molecule has 1 aliphatic rings. The van der Waals surface area contributed by atoms with Crippen LogP contribution in [0.15, 0.2) is 42.5 Å². The van der Waals surface area contributed by atoms with E-state index in [1.807, 2.05) is 6.07 Å². The van der Waals surface area contributed by atoms with Gasteiger partial charge in [0.2, 0.25) is 0 Å². The zero-order valence-corrected chi connectivity index (χ0v) is 15.8. The molecule has 1 aliphatic heterocycles. The van der Waals surface area contributed by atoms with Crippen LogP contribution in [0, 0.1) is 0 Å². The minimum absolute atomic E-state index is 0.106. The number of benzene rings is 1. The summed E-state index contributed by atoms with van der Waals surface area (Å²) in [5.41, 5.74) is 0.761. The Bertz CT molecular complexity index is 548. The number of imide groups is 1. The molecular formula is C16H20NO4Sn. The van der Waals surface area contributed by atoms with Gasteiger partial charge >= 0.3 is 40.5 Å². The molecule has 1 N–H and O–H groups in total. The van der Waals surface area contributed by atoms with Gasteiger partial charge in [0.15, 0.2) is 0 Å². The second-order valence-corrected chi connectivity index (χ2v) is 14.0. The molecule has 1 aromatic rings.